The third-order valence-corrected chi connectivity index (χ3v) is 6.47. The minimum atomic E-state index is -0.464. The van der Waals surface area contributed by atoms with E-state index < -0.39 is 6.10 Å². The van der Waals surface area contributed by atoms with Crippen LogP contribution in [0, 0.1) is 5.92 Å². The SMILES string of the molecule is OC(c1cccnc1)C1CCN(Cc2nc(C(c3ccccc3)c3ccccc3)no2)CC1. The Morgan fingerprint density at radius 3 is 2.12 bits per heavy atom. The maximum Gasteiger partial charge on any atom is 0.240 e. The molecule has 6 heteroatoms. The topological polar surface area (TPSA) is 75.3 Å². The van der Waals surface area contributed by atoms with Crippen molar-refractivity contribution in [2.24, 2.45) is 5.92 Å². The van der Waals surface area contributed by atoms with Gasteiger partial charge in [0.1, 0.15) is 0 Å². The van der Waals surface area contributed by atoms with Gasteiger partial charge in [0.15, 0.2) is 5.82 Å². The van der Waals surface area contributed by atoms with Gasteiger partial charge in [-0.3, -0.25) is 9.88 Å². The third-order valence-electron chi connectivity index (χ3n) is 6.47. The summed E-state index contributed by atoms with van der Waals surface area (Å²) >= 11 is 0. The molecule has 1 atom stereocenters. The van der Waals surface area contributed by atoms with Crippen LogP contribution in [-0.4, -0.2) is 38.2 Å². The molecule has 2 aromatic heterocycles. The van der Waals surface area contributed by atoms with E-state index in [2.05, 4.69) is 39.3 Å². The Bertz CT molecular complexity index is 1090. The fourth-order valence-corrected chi connectivity index (χ4v) is 4.67. The molecule has 5 rings (SSSR count). The van der Waals surface area contributed by atoms with Crippen molar-refractivity contribution in [1.82, 2.24) is 20.0 Å². The van der Waals surface area contributed by atoms with Gasteiger partial charge in [-0.1, -0.05) is 71.9 Å². The van der Waals surface area contributed by atoms with Crippen molar-refractivity contribution in [2.45, 2.75) is 31.4 Å². The fourth-order valence-electron chi connectivity index (χ4n) is 4.67. The molecule has 4 aromatic rings. The molecule has 168 valence electrons. The summed E-state index contributed by atoms with van der Waals surface area (Å²) in [5, 5.41) is 15.1. The van der Waals surface area contributed by atoms with E-state index in [-0.39, 0.29) is 11.8 Å². The second-order valence-corrected chi connectivity index (χ2v) is 8.65. The molecule has 1 N–H and O–H groups in total. The average Bonchev–Trinajstić information content (AvgIpc) is 3.34. The number of aliphatic hydroxyl groups excluding tert-OH is 1. The molecule has 6 nitrogen and oxygen atoms in total. The zero-order chi connectivity index (χ0) is 22.5. The molecule has 0 spiro atoms. The number of piperidine rings is 1. The first-order valence-electron chi connectivity index (χ1n) is 11.5. The number of likely N-dealkylation sites (tertiary alicyclic amines) is 1. The number of hydrogen-bond acceptors (Lipinski definition) is 6. The number of aromatic nitrogens is 3. The Hall–Kier alpha value is -3.35. The van der Waals surface area contributed by atoms with E-state index in [4.69, 9.17) is 9.51 Å². The minimum Gasteiger partial charge on any atom is -0.388 e. The monoisotopic (exact) mass is 440 g/mol. The number of rotatable bonds is 7. The van der Waals surface area contributed by atoms with Gasteiger partial charge in [0.2, 0.25) is 5.89 Å². The zero-order valence-corrected chi connectivity index (χ0v) is 18.5. The molecule has 1 fully saturated rings. The molecule has 33 heavy (non-hydrogen) atoms. The van der Waals surface area contributed by atoms with E-state index in [9.17, 15) is 5.11 Å². The molecule has 1 unspecified atom stereocenters. The molecular weight excluding hydrogens is 412 g/mol. The van der Waals surface area contributed by atoms with Gasteiger partial charge in [0.25, 0.3) is 0 Å². The maximum atomic E-state index is 10.7. The molecule has 0 saturated carbocycles. The molecule has 0 amide bonds. The van der Waals surface area contributed by atoms with Gasteiger partial charge in [-0.05, 0) is 54.6 Å². The van der Waals surface area contributed by atoms with Crippen LogP contribution in [0.3, 0.4) is 0 Å². The van der Waals surface area contributed by atoms with Gasteiger partial charge in [0, 0.05) is 12.4 Å². The standard InChI is InChI=1S/C27H28N4O2/c32-26(23-12-7-15-28-18-23)22-13-16-31(17-14-22)19-24-29-27(30-33-24)25(20-8-3-1-4-9-20)21-10-5-2-6-11-21/h1-12,15,18,22,25-26,32H,13-14,16-17,19H2. The summed E-state index contributed by atoms with van der Waals surface area (Å²) in [6.45, 7) is 2.40. The van der Waals surface area contributed by atoms with E-state index in [0.717, 1.165) is 42.6 Å². The van der Waals surface area contributed by atoms with Gasteiger partial charge in [0.05, 0.1) is 18.6 Å². The van der Waals surface area contributed by atoms with Crippen LogP contribution in [0.25, 0.3) is 0 Å². The summed E-state index contributed by atoms with van der Waals surface area (Å²) in [5.41, 5.74) is 3.17. The van der Waals surface area contributed by atoms with Gasteiger partial charge in [-0.2, -0.15) is 4.98 Å². The Morgan fingerprint density at radius 2 is 1.52 bits per heavy atom. The molecular formula is C27H28N4O2. The predicted octanol–water partition coefficient (Wildman–Crippen LogP) is 4.59. The summed E-state index contributed by atoms with van der Waals surface area (Å²) in [4.78, 5) is 11.2. The Kier molecular flexibility index (Phi) is 6.56. The van der Waals surface area contributed by atoms with Gasteiger partial charge in [-0.25, -0.2) is 0 Å². The van der Waals surface area contributed by atoms with E-state index in [1.165, 1.54) is 0 Å². The molecule has 1 aliphatic rings. The van der Waals surface area contributed by atoms with Crippen molar-refractivity contribution in [1.29, 1.82) is 0 Å². The van der Waals surface area contributed by atoms with Gasteiger partial charge >= 0.3 is 0 Å². The lowest BCUT2D eigenvalue weighted by Crippen LogP contribution is -2.35. The highest BCUT2D eigenvalue weighted by molar-refractivity contribution is 5.37. The van der Waals surface area contributed by atoms with Crippen LogP contribution in [-0.2, 0) is 6.54 Å². The Balaban J connectivity index is 1.25. The van der Waals surface area contributed by atoms with Crippen LogP contribution < -0.4 is 0 Å². The fraction of sp³-hybridized carbons (Fsp3) is 0.296. The lowest BCUT2D eigenvalue weighted by molar-refractivity contribution is 0.0536. The number of pyridine rings is 1. The van der Waals surface area contributed by atoms with Crippen LogP contribution in [0.15, 0.2) is 89.7 Å². The molecule has 1 saturated heterocycles. The smallest absolute Gasteiger partial charge is 0.240 e. The maximum absolute atomic E-state index is 10.7. The molecule has 3 heterocycles. The van der Waals surface area contributed by atoms with Crippen molar-refractivity contribution in [2.75, 3.05) is 13.1 Å². The van der Waals surface area contributed by atoms with Crippen LogP contribution >= 0.6 is 0 Å². The average molecular weight is 441 g/mol. The quantitative estimate of drug-likeness (QED) is 0.453. The van der Waals surface area contributed by atoms with Crippen molar-refractivity contribution in [3.05, 3.63) is 114 Å². The highest BCUT2D eigenvalue weighted by atomic mass is 16.5. The van der Waals surface area contributed by atoms with Crippen molar-refractivity contribution < 1.29 is 9.63 Å². The van der Waals surface area contributed by atoms with E-state index in [1.54, 1.807) is 12.4 Å². The predicted molar refractivity (Wildman–Crippen MR) is 125 cm³/mol. The first kappa shape index (κ1) is 21.5. The number of benzene rings is 2. The number of aliphatic hydroxyl groups is 1. The minimum absolute atomic E-state index is 0.0646. The lowest BCUT2D eigenvalue weighted by Gasteiger charge is -2.33. The van der Waals surface area contributed by atoms with E-state index >= 15 is 0 Å². The Labute approximate surface area is 193 Å². The van der Waals surface area contributed by atoms with Crippen molar-refractivity contribution >= 4 is 0 Å². The number of hydrogen-bond donors (Lipinski definition) is 1. The van der Waals surface area contributed by atoms with Crippen molar-refractivity contribution in [3.63, 3.8) is 0 Å². The molecule has 0 bridgehead atoms. The highest BCUT2D eigenvalue weighted by Gasteiger charge is 2.28. The summed E-state index contributed by atoms with van der Waals surface area (Å²) < 4.78 is 5.67. The van der Waals surface area contributed by atoms with E-state index in [0.29, 0.717) is 18.3 Å². The summed E-state index contributed by atoms with van der Waals surface area (Å²) in [5.74, 6) is 1.49. The lowest BCUT2D eigenvalue weighted by atomic mass is 9.88. The van der Waals surface area contributed by atoms with Crippen LogP contribution in [0.5, 0.6) is 0 Å². The van der Waals surface area contributed by atoms with Gasteiger partial charge in [-0.15, -0.1) is 0 Å². The van der Waals surface area contributed by atoms with Crippen LogP contribution in [0.1, 0.15) is 53.3 Å². The third kappa shape index (κ3) is 5.02. The summed E-state index contributed by atoms with van der Waals surface area (Å²) in [6.07, 6.45) is 4.87. The Morgan fingerprint density at radius 1 is 0.879 bits per heavy atom. The number of nitrogens with zero attached hydrogens (tertiary/aromatic N) is 4. The van der Waals surface area contributed by atoms with E-state index in [1.807, 2.05) is 48.5 Å². The van der Waals surface area contributed by atoms with Crippen LogP contribution in [0.4, 0.5) is 0 Å². The molecule has 1 aliphatic heterocycles. The zero-order valence-electron chi connectivity index (χ0n) is 18.5. The normalized spacial score (nSPS) is 16.2. The molecule has 0 radical (unpaired) electrons. The molecule has 0 aliphatic carbocycles. The first-order valence-corrected chi connectivity index (χ1v) is 11.5. The van der Waals surface area contributed by atoms with Gasteiger partial charge < -0.3 is 9.63 Å². The van der Waals surface area contributed by atoms with Crippen LogP contribution in [0.2, 0.25) is 0 Å². The second-order valence-electron chi connectivity index (χ2n) is 8.65. The second kappa shape index (κ2) is 10.1. The first-order chi connectivity index (χ1) is 16.3. The summed E-state index contributed by atoms with van der Waals surface area (Å²) in [6, 6.07) is 24.4. The molecule has 2 aromatic carbocycles. The van der Waals surface area contributed by atoms with Crippen molar-refractivity contribution in [3.8, 4) is 0 Å². The largest absolute Gasteiger partial charge is 0.388 e. The highest BCUT2D eigenvalue weighted by Crippen LogP contribution is 2.32. The summed E-state index contributed by atoms with van der Waals surface area (Å²) in [7, 11) is 0.